The van der Waals surface area contributed by atoms with Gasteiger partial charge < -0.3 is 19.2 Å². The summed E-state index contributed by atoms with van der Waals surface area (Å²) in [5.74, 6) is 1.29. The number of nitrogens with one attached hydrogen (secondary N) is 1. The first-order valence-electron chi connectivity index (χ1n) is 9.29. The number of aromatic nitrogens is 1. The van der Waals surface area contributed by atoms with Gasteiger partial charge in [-0.2, -0.15) is 0 Å². The van der Waals surface area contributed by atoms with Crippen molar-refractivity contribution in [1.82, 2.24) is 4.98 Å². The smallest absolute Gasteiger partial charge is 0.195 e. The van der Waals surface area contributed by atoms with E-state index in [1.54, 1.807) is 7.11 Å². The molecule has 5 nitrogen and oxygen atoms in total. The first kappa shape index (κ1) is 17.6. The fourth-order valence-corrected chi connectivity index (χ4v) is 3.39. The van der Waals surface area contributed by atoms with Gasteiger partial charge in [0.15, 0.2) is 11.3 Å². The van der Waals surface area contributed by atoms with Crippen molar-refractivity contribution in [2.75, 3.05) is 20.3 Å². The highest BCUT2D eigenvalue weighted by molar-refractivity contribution is 5.84. The molecule has 0 radical (unpaired) electrons. The van der Waals surface area contributed by atoms with Gasteiger partial charge in [0.2, 0.25) is 0 Å². The fourth-order valence-electron chi connectivity index (χ4n) is 3.39. The average Bonchev–Trinajstić information content (AvgIpc) is 2.73. The Morgan fingerprint density at radius 2 is 1.89 bits per heavy atom. The third kappa shape index (κ3) is 3.98. The molecule has 0 amide bonds. The summed E-state index contributed by atoms with van der Waals surface area (Å²) in [6, 6.07) is 15.1. The molecular formula is C22H23NO4. The molecule has 2 aromatic carbocycles. The van der Waals surface area contributed by atoms with Gasteiger partial charge >= 0.3 is 0 Å². The Hall–Kier alpha value is -2.79. The van der Waals surface area contributed by atoms with Crippen molar-refractivity contribution in [3.05, 3.63) is 58.8 Å². The zero-order chi connectivity index (χ0) is 18.6. The van der Waals surface area contributed by atoms with Gasteiger partial charge in [-0.05, 0) is 54.7 Å². The Morgan fingerprint density at radius 1 is 1.07 bits per heavy atom. The van der Waals surface area contributed by atoms with Crippen LogP contribution in [0.2, 0.25) is 0 Å². The second kappa shape index (κ2) is 7.84. The lowest BCUT2D eigenvalue weighted by atomic mass is 10.0. The number of aromatic amines is 1. The van der Waals surface area contributed by atoms with Crippen molar-refractivity contribution in [1.29, 1.82) is 0 Å². The number of ether oxygens (including phenoxy) is 3. The normalized spacial score (nSPS) is 17.0. The topological polar surface area (TPSA) is 60.6 Å². The molecule has 1 aromatic heterocycles. The number of hydrogen-bond donors (Lipinski definition) is 1. The molecule has 1 aliphatic heterocycles. The molecule has 1 atom stereocenters. The van der Waals surface area contributed by atoms with Gasteiger partial charge in [-0.15, -0.1) is 0 Å². The largest absolute Gasteiger partial charge is 0.497 e. The first-order valence-corrected chi connectivity index (χ1v) is 9.29. The Morgan fingerprint density at radius 3 is 2.63 bits per heavy atom. The van der Waals surface area contributed by atoms with Crippen molar-refractivity contribution in [3.8, 4) is 22.8 Å². The molecule has 140 valence electrons. The monoisotopic (exact) mass is 365 g/mol. The van der Waals surface area contributed by atoms with Crippen LogP contribution in [0.5, 0.6) is 11.6 Å². The molecule has 0 bridgehead atoms. The Kier molecular flexibility index (Phi) is 5.12. The van der Waals surface area contributed by atoms with Crippen LogP contribution in [0, 0.1) is 0 Å². The minimum absolute atomic E-state index is 0.0513. The van der Waals surface area contributed by atoms with Gasteiger partial charge in [-0.1, -0.05) is 18.2 Å². The van der Waals surface area contributed by atoms with Crippen LogP contribution in [0.1, 0.15) is 19.3 Å². The summed E-state index contributed by atoms with van der Waals surface area (Å²) in [5.41, 5.74) is 2.79. The molecule has 4 rings (SSSR count). The maximum Gasteiger partial charge on any atom is 0.195 e. The third-order valence-corrected chi connectivity index (χ3v) is 4.93. The van der Waals surface area contributed by atoms with Crippen molar-refractivity contribution in [2.45, 2.75) is 25.4 Å². The Balaban J connectivity index is 1.60. The summed E-state index contributed by atoms with van der Waals surface area (Å²) in [7, 11) is 1.65. The molecule has 3 aromatic rings. The second-order valence-corrected chi connectivity index (χ2v) is 6.79. The highest BCUT2D eigenvalue weighted by Crippen LogP contribution is 2.25. The molecule has 27 heavy (non-hydrogen) atoms. The van der Waals surface area contributed by atoms with Crippen LogP contribution < -0.4 is 14.9 Å². The maximum atomic E-state index is 12.4. The number of hydrogen-bond acceptors (Lipinski definition) is 4. The molecule has 1 saturated heterocycles. The lowest BCUT2D eigenvalue weighted by Crippen LogP contribution is -2.26. The Bertz CT molecular complexity index is 972. The summed E-state index contributed by atoms with van der Waals surface area (Å²) in [6.45, 7) is 1.24. The van der Waals surface area contributed by atoms with E-state index < -0.39 is 0 Å². The standard InChI is InChI=1S/C22H23NO4/c1-25-17-8-5-15(6-9-17)16-7-10-19-20(12-16)23-22(13-21(19)24)27-14-18-4-2-3-11-26-18/h5-10,12-13,18H,2-4,11,14H2,1H3,(H,23,24). The molecule has 1 aliphatic rings. The molecule has 0 saturated carbocycles. The van der Waals surface area contributed by atoms with Crippen molar-refractivity contribution < 1.29 is 14.2 Å². The van der Waals surface area contributed by atoms with E-state index in [0.717, 1.165) is 48.3 Å². The van der Waals surface area contributed by atoms with E-state index in [0.29, 0.717) is 17.9 Å². The van der Waals surface area contributed by atoms with Gasteiger partial charge in [0.1, 0.15) is 12.4 Å². The van der Waals surface area contributed by atoms with Crippen LogP contribution in [0.4, 0.5) is 0 Å². The van der Waals surface area contributed by atoms with E-state index >= 15 is 0 Å². The molecule has 1 unspecified atom stereocenters. The molecular weight excluding hydrogens is 342 g/mol. The third-order valence-electron chi connectivity index (χ3n) is 4.93. The minimum atomic E-state index is -0.0513. The predicted molar refractivity (Wildman–Crippen MR) is 106 cm³/mol. The summed E-state index contributed by atoms with van der Waals surface area (Å²) >= 11 is 0. The zero-order valence-corrected chi connectivity index (χ0v) is 15.4. The summed E-state index contributed by atoms with van der Waals surface area (Å²) < 4.78 is 16.7. The minimum Gasteiger partial charge on any atom is -0.497 e. The maximum absolute atomic E-state index is 12.4. The van der Waals surface area contributed by atoms with Crippen LogP contribution in [0.3, 0.4) is 0 Å². The van der Waals surface area contributed by atoms with Gasteiger partial charge in [0, 0.05) is 18.1 Å². The van der Waals surface area contributed by atoms with Gasteiger partial charge in [-0.25, -0.2) is 0 Å². The highest BCUT2D eigenvalue weighted by Gasteiger charge is 2.15. The average molecular weight is 365 g/mol. The van der Waals surface area contributed by atoms with Gasteiger partial charge in [0.25, 0.3) is 0 Å². The lowest BCUT2D eigenvalue weighted by Gasteiger charge is -2.22. The van der Waals surface area contributed by atoms with Gasteiger partial charge in [0.05, 0.1) is 18.7 Å². The number of methoxy groups -OCH3 is 1. The Labute approximate surface area is 157 Å². The van der Waals surface area contributed by atoms with Crippen LogP contribution >= 0.6 is 0 Å². The first-order chi connectivity index (χ1) is 13.2. The number of rotatable bonds is 5. The number of H-pyrrole nitrogens is 1. The van der Waals surface area contributed by atoms with Crippen molar-refractivity contribution in [3.63, 3.8) is 0 Å². The fraction of sp³-hybridized carbons (Fsp3) is 0.318. The van der Waals surface area contributed by atoms with Crippen LogP contribution in [0.15, 0.2) is 53.3 Å². The molecule has 2 heterocycles. The zero-order valence-electron chi connectivity index (χ0n) is 15.4. The van der Waals surface area contributed by atoms with Crippen LogP contribution in [-0.4, -0.2) is 31.4 Å². The molecule has 1 fully saturated rings. The van der Waals surface area contributed by atoms with E-state index in [4.69, 9.17) is 14.2 Å². The van der Waals surface area contributed by atoms with Crippen molar-refractivity contribution >= 4 is 10.9 Å². The second-order valence-electron chi connectivity index (χ2n) is 6.79. The lowest BCUT2D eigenvalue weighted by molar-refractivity contribution is -0.0119. The van der Waals surface area contributed by atoms with E-state index in [9.17, 15) is 4.79 Å². The number of fused-ring (bicyclic) bond motifs is 1. The molecule has 0 aliphatic carbocycles. The SMILES string of the molecule is COc1ccc(-c2ccc3c(=O)cc(OCC4CCCCO4)[nH]c3c2)cc1. The summed E-state index contributed by atoms with van der Waals surface area (Å²) in [4.78, 5) is 15.7. The quantitative estimate of drug-likeness (QED) is 0.738. The van der Waals surface area contributed by atoms with E-state index in [1.165, 1.54) is 6.07 Å². The van der Waals surface area contributed by atoms with Crippen LogP contribution in [-0.2, 0) is 4.74 Å². The molecule has 0 spiro atoms. The molecule has 5 heteroatoms. The van der Waals surface area contributed by atoms with Crippen LogP contribution in [0.25, 0.3) is 22.0 Å². The van der Waals surface area contributed by atoms with Gasteiger partial charge in [-0.3, -0.25) is 4.79 Å². The summed E-state index contributed by atoms with van der Waals surface area (Å²) in [5, 5.41) is 0.647. The van der Waals surface area contributed by atoms with E-state index in [1.807, 2.05) is 42.5 Å². The number of pyridine rings is 1. The summed E-state index contributed by atoms with van der Waals surface area (Å²) in [6.07, 6.45) is 3.37. The van der Waals surface area contributed by atoms with E-state index in [2.05, 4.69) is 4.98 Å². The molecule has 1 N–H and O–H groups in total. The van der Waals surface area contributed by atoms with Crippen molar-refractivity contribution in [2.24, 2.45) is 0 Å². The van der Waals surface area contributed by atoms with E-state index in [-0.39, 0.29) is 11.5 Å². The number of benzene rings is 2. The predicted octanol–water partition coefficient (Wildman–Crippen LogP) is 4.15. The highest BCUT2D eigenvalue weighted by atomic mass is 16.5.